The van der Waals surface area contributed by atoms with Gasteiger partial charge >= 0.3 is 5.97 Å². The van der Waals surface area contributed by atoms with Gasteiger partial charge in [-0.2, -0.15) is 0 Å². The molecule has 0 unspecified atom stereocenters. The molecule has 0 aliphatic rings. The van der Waals surface area contributed by atoms with Crippen molar-refractivity contribution in [1.82, 2.24) is 0 Å². The Morgan fingerprint density at radius 1 is 0.889 bits per heavy atom. The van der Waals surface area contributed by atoms with Crippen molar-refractivity contribution in [2.75, 3.05) is 7.11 Å². The van der Waals surface area contributed by atoms with E-state index in [-0.39, 0.29) is 56.4 Å². The highest BCUT2D eigenvalue weighted by Gasteiger charge is 2.29. The highest BCUT2D eigenvalue weighted by Crippen LogP contribution is 2.39. The molecule has 0 amide bonds. The molecule has 8 heteroatoms. The molecular weight excluding hydrogens is 464 g/mol. The Bertz CT molecular complexity index is 1730. The van der Waals surface area contributed by atoms with Crippen LogP contribution in [-0.2, 0) is 9.53 Å². The molecule has 2 N–H and O–H groups in total. The molecule has 36 heavy (non-hydrogen) atoms. The maximum atomic E-state index is 13.4. The summed E-state index contributed by atoms with van der Waals surface area (Å²) in [6.07, 6.45) is 2.19. The summed E-state index contributed by atoms with van der Waals surface area (Å²) in [7, 11) is 1.22. The third-order valence-electron chi connectivity index (χ3n) is 6.16. The number of benzene rings is 3. The van der Waals surface area contributed by atoms with Crippen LogP contribution in [0.5, 0.6) is 11.5 Å². The minimum atomic E-state index is -1.02. The van der Waals surface area contributed by atoms with Crippen molar-refractivity contribution in [1.29, 1.82) is 0 Å². The lowest BCUT2D eigenvalue weighted by Crippen LogP contribution is -2.19. The van der Waals surface area contributed by atoms with Gasteiger partial charge in [0.2, 0.25) is 5.43 Å². The molecular formula is C28H20O8. The number of esters is 1. The van der Waals surface area contributed by atoms with Gasteiger partial charge in [0, 0.05) is 17.0 Å². The van der Waals surface area contributed by atoms with Crippen LogP contribution < -0.4 is 10.9 Å². The minimum Gasteiger partial charge on any atom is -0.508 e. The van der Waals surface area contributed by atoms with Crippen molar-refractivity contribution in [2.45, 2.75) is 12.3 Å². The predicted octanol–water partition coefficient (Wildman–Crippen LogP) is 4.67. The van der Waals surface area contributed by atoms with E-state index in [0.29, 0.717) is 16.5 Å². The zero-order chi connectivity index (χ0) is 25.4. The Morgan fingerprint density at radius 3 is 2.39 bits per heavy atom. The monoisotopic (exact) mass is 484 g/mol. The van der Waals surface area contributed by atoms with Gasteiger partial charge in [-0.1, -0.05) is 24.3 Å². The Morgan fingerprint density at radius 2 is 1.64 bits per heavy atom. The van der Waals surface area contributed by atoms with E-state index in [1.165, 1.54) is 43.9 Å². The van der Waals surface area contributed by atoms with Crippen molar-refractivity contribution >= 4 is 27.9 Å². The summed E-state index contributed by atoms with van der Waals surface area (Å²) in [5.74, 6) is -1.86. The maximum Gasteiger partial charge on any atom is 0.306 e. The summed E-state index contributed by atoms with van der Waals surface area (Å²) in [4.78, 5) is 39.1. The van der Waals surface area contributed by atoms with Crippen LogP contribution in [-0.4, -0.2) is 23.3 Å². The fourth-order valence-corrected chi connectivity index (χ4v) is 4.34. The second-order valence-electron chi connectivity index (χ2n) is 8.25. The number of rotatable bonds is 5. The predicted molar refractivity (Wildman–Crippen MR) is 132 cm³/mol. The third-order valence-corrected chi connectivity index (χ3v) is 6.16. The molecule has 0 saturated carbocycles. The lowest BCUT2D eigenvalue weighted by atomic mass is 9.86. The van der Waals surface area contributed by atoms with Crippen LogP contribution in [0.2, 0.25) is 0 Å². The summed E-state index contributed by atoms with van der Waals surface area (Å²) < 4.78 is 16.4. The molecule has 1 atom stereocenters. The molecule has 0 spiro atoms. The van der Waals surface area contributed by atoms with E-state index in [0.717, 1.165) is 0 Å². The lowest BCUT2D eigenvalue weighted by Gasteiger charge is -2.19. The van der Waals surface area contributed by atoms with Gasteiger partial charge in [0.05, 0.1) is 36.1 Å². The molecule has 3 aromatic carbocycles. The van der Waals surface area contributed by atoms with Gasteiger partial charge in [0.25, 0.3) is 0 Å². The van der Waals surface area contributed by atoms with Crippen molar-refractivity contribution in [2.24, 2.45) is 0 Å². The summed E-state index contributed by atoms with van der Waals surface area (Å²) in [6.45, 7) is 0. The van der Waals surface area contributed by atoms with Gasteiger partial charge in [-0.25, -0.2) is 0 Å². The number of hydrogen-bond donors (Lipinski definition) is 2. The molecule has 0 fully saturated rings. The molecule has 0 bridgehead atoms. The SMILES string of the molecule is COC(=O)C[C@@H](c1coc2ccccc2c1=O)c1c(O)ccc2c(=O)c(-c3ccc(O)cc3)coc12. The number of carbonyl (C=O) groups excluding carboxylic acids is 1. The minimum absolute atomic E-state index is 0.0315. The summed E-state index contributed by atoms with van der Waals surface area (Å²) in [5, 5.41) is 20.9. The Kier molecular flexibility index (Phi) is 5.77. The van der Waals surface area contributed by atoms with E-state index in [2.05, 4.69) is 0 Å². The Balaban J connectivity index is 1.76. The second kappa shape index (κ2) is 9.07. The maximum absolute atomic E-state index is 13.4. The van der Waals surface area contributed by atoms with Crippen LogP contribution in [0.15, 0.2) is 91.6 Å². The van der Waals surface area contributed by atoms with Gasteiger partial charge < -0.3 is 23.8 Å². The number of hydrogen-bond acceptors (Lipinski definition) is 8. The summed E-state index contributed by atoms with van der Waals surface area (Å²) in [5.41, 5.74) is 0.602. The van der Waals surface area contributed by atoms with Crippen LogP contribution in [0.25, 0.3) is 33.1 Å². The smallest absolute Gasteiger partial charge is 0.306 e. The van der Waals surface area contributed by atoms with Crippen molar-refractivity contribution in [3.05, 3.63) is 105 Å². The first kappa shape index (κ1) is 22.9. The topological polar surface area (TPSA) is 127 Å². The van der Waals surface area contributed by atoms with Gasteiger partial charge in [-0.15, -0.1) is 0 Å². The average molecular weight is 484 g/mol. The second-order valence-corrected chi connectivity index (χ2v) is 8.25. The molecule has 5 aromatic rings. The quantitative estimate of drug-likeness (QED) is 0.345. The van der Waals surface area contributed by atoms with Crippen LogP contribution in [0, 0.1) is 0 Å². The molecule has 8 nitrogen and oxygen atoms in total. The highest BCUT2D eigenvalue weighted by molar-refractivity contribution is 5.88. The molecule has 2 heterocycles. The number of para-hydroxylation sites is 1. The number of phenols is 2. The van der Waals surface area contributed by atoms with E-state index in [1.807, 2.05) is 0 Å². The Labute approximate surface area is 203 Å². The van der Waals surface area contributed by atoms with Crippen LogP contribution in [0.3, 0.4) is 0 Å². The molecule has 0 saturated heterocycles. The van der Waals surface area contributed by atoms with E-state index in [4.69, 9.17) is 13.6 Å². The zero-order valence-electron chi connectivity index (χ0n) is 19.1. The molecule has 0 radical (unpaired) electrons. The van der Waals surface area contributed by atoms with Crippen LogP contribution >= 0.6 is 0 Å². The first-order valence-electron chi connectivity index (χ1n) is 11.0. The van der Waals surface area contributed by atoms with Crippen molar-refractivity contribution in [3.8, 4) is 22.6 Å². The van der Waals surface area contributed by atoms with Crippen LogP contribution in [0.1, 0.15) is 23.5 Å². The fraction of sp³-hybridized carbons (Fsp3) is 0.107. The number of methoxy groups -OCH3 is 1. The molecule has 0 aliphatic heterocycles. The highest BCUT2D eigenvalue weighted by atomic mass is 16.5. The van der Waals surface area contributed by atoms with Crippen molar-refractivity contribution < 1.29 is 28.6 Å². The van der Waals surface area contributed by atoms with Gasteiger partial charge in [0.15, 0.2) is 5.43 Å². The zero-order valence-corrected chi connectivity index (χ0v) is 19.1. The number of aromatic hydroxyl groups is 2. The number of fused-ring (bicyclic) bond motifs is 2. The average Bonchev–Trinajstić information content (AvgIpc) is 2.89. The van der Waals surface area contributed by atoms with Crippen molar-refractivity contribution in [3.63, 3.8) is 0 Å². The van der Waals surface area contributed by atoms with E-state index < -0.39 is 11.9 Å². The van der Waals surface area contributed by atoms with Gasteiger partial charge in [-0.05, 0) is 42.0 Å². The molecule has 0 aliphatic carbocycles. The molecule has 5 rings (SSSR count). The summed E-state index contributed by atoms with van der Waals surface area (Å²) >= 11 is 0. The van der Waals surface area contributed by atoms with Gasteiger partial charge in [0.1, 0.15) is 28.9 Å². The first-order chi connectivity index (χ1) is 17.4. The van der Waals surface area contributed by atoms with E-state index in [1.54, 1.807) is 36.4 Å². The van der Waals surface area contributed by atoms with Crippen LogP contribution in [0.4, 0.5) is 0 Å². The normalized spacial score (nSPS) is 12.0. The Hall–Kier alpha value is -4.85. The largest absolute Gasteiger partial charge is 0.508 e. The van der Waals surface area contributed by atoms with E-state index in [9.17, 15) is 24.6 Å². The summed E-state index contributed by atoms with van der Waals surface area (Å²) in [6, 6.07) is 15.5. The third kappa shape index (κ3) is 3.88. The first-order valence-corrected chi connectivity index (χ1v) is 11.0. The standard InChI is InChI=1S/C28H20O8/c1-34-24(31)12-19(21-14-35-23-5-3-2-4-17(23)26(21)32)25-22(30)11-10-18-27(33)20(13-36-28(18)25)15-6-8-16(29)9-7-15/h2-11,13-14,19,29-30H,12H2,1H3/t19-/m0/s1. The molecule has 180 valence electrons. The fourth-order valence-electron chi connectivity index (χ4n) is 4.34. The van der Waals surface area contributed by atoms with E-state index >= 15 is 0 Å². The number of phenolic OH excluding ortho intramolecular Hbond substituents is 2. The molecule has 2 aromatic heterocycles. The van der Waals surface area contributed by atoms with Gasteiger partial charge in [-0.3, -0.25) is 14.4 Å². The number of ether oxygens (including phenoxy) is 1. The lowest BCUT2D eigenvalue weighted by molar-refractivity contribution is -0.140. The number of carbonyl (C=O) groups is 1.